The van der Waals surface area contributed by atoms with Crippen LogP contribution in [0.1, 0.15) is 51.9 Å². The predicted octanol–water partition coefficient (Wildman–Crippen LogP) is 1.84. The first-order valence-electron chi connectivity index (χ1n) is 6.78. The number of ether oxygens (including phenoxy) is 1. The van der Waals surface area contributed by atoms with Crippen LogP contribution in [0.25, 0.3) is 0 Å². The highest BCUT2D eigenvalue weighted by Crippen LogP contribution is 2.35. The zero-order valence-corrected chi connectivity index (χ0v) is 10.4. The lowest BCUT2D eigenvalue weighted by Gasteiger charge is -2.28. The van der Waals surface area contributed by atoms with Gasteiger partial charge in [0, 0.05) is 18.2 Å². The molecule has 2 fully saturated rings. The summed E-state index contributed by atoms with van der Waals surface area (Å²) >= 11 is 0. The molecule has 2 saturated carbocycles. The van der Waals surface area contributed by atoms with E-state index >= 15 is 0 Å². The van der Waals surface area contributed by atoms with Crippen LogP contribution < -0.4 is 5.32 Å². The second kappa shape index (κ2) is 5.48. The van der Waals surface area contributed by atoms with Gasteiger partial charge in [-0.05, 0) is 38.5 Å². The summed E-state index contributed by atoms with van der Waals surface area (Å²) in [6.45, 7) is 3.33. The Morgan fingerprint density at radius 2 is 2.19 bits per heavy atom. The molecular formula is C13H25NO2. The molecule has 0 heterocycles. The largest absolute Gasteiger partial charge is 0.394 e. The van der Waals surface area contributed by atoms with Gasteiger partial charge in [-0.2, -0.15) is 0 Å². The van der Waals surface area contributed by atoms with Gasteiger partial charge >= 0.3 is 0 Å². The average Bonchev–Trinajstić information content (AvgIpc) is 3.00. The van der Waals surface area contributed by atoms with Crippen molar-refractivity contribution in [3.05, 3.63) is 0 Å². The molecule has 0 spiro atoms. The minimum atomic E-state index is -0.0297. The van der Waals surface area contributed by atoms with E-state index in [2.05, 4.69) is 12.2 Å². The van der Waals surface area contributed by atoms with E-state index in [-0.39, 0.29) is 12.1 Å². The Morgan fingerprint density at radius 3 is 2.81 bits per heavy atom. The summed E-state index contributed by atoms with van der Waals surface area (Å²) in [5, 5.41) is 13.2. The smallest absolute Gasteiger partial charge is 0.0614 e. The molecule has 2 N–H and O–H groups in total. The number of aliphatic hydroxyl groups is 1. The van der Waals surface area contributed by atoms with E-state index in [1.54, 1.807) is 0 Å². The van der Waals surface area contributed by atoms with Gasteiger partial charge in [0.25, 0.3) is 0 Å². The molecular weight excluding hydrogens is 202 g/mol. The third-order valence-electron chi connectivity index (χ3n) is 3.81. The van der Waals surface area contributed by atoms with Crippen LogP contribution in [0.4, 0.5) is 0 Å². The lowest BCUT2D eigenvalue weighted by Crippen LogP contribution is -2.48. The van der Waals surface area contributed by atoms with E-state index in [1.165, 1.54) is 19.3 Å². The quantitative estimate of drug-likeness (QED) is 0.652. The molecule has 0 aromatic rings. The molecule has 3 heteroatoms. The average molecular weight is 227 g/mol. The molecule has 3 nitrogen and oxygen atoms in total. The maximum absolute atomic E-state index is 9.56. The highest BCUT2D eigenvalue weighted by molar-refractivity contribution is 5.01. The fourth-order valence-electron chi connectivity index (χ4n) is 2.59. The normalized spacial score (nSPS) is 34.5. The van der Waals surface area contributed by atoms with E-state index in [1.807, 2.05) is 0 Å². The standard InChI is InChI=1S/C13H25NO2/c1-2-3-8-16-12-6-7-13(9-12,10-15)14-11-4-5-11/h11-12,14-15H,2-10H2,1H3. The SMILES string of the molecule is CCCCOC1CCC(CO)(NC2CC2)C1. The highest BCUT2D eigenvalue weighted by Gasteiger charge is 2.42. The van der Waals surface area contributed by atoms with Gasteiger partial charge < -0.3 is 15.2 Å². The molecule has 2 unspecified atom stereocenters. The second-order valence-electron chi connectivity index (χ2n) is 5.45. The van der Waals surface area contributed by atoms with Crippen molar-refractivity contribution in [3.63, 3.8) is 0 Å². The van der Waals surface area contributed by atoms with Gasteiger partial charge in [0.1, 0.15) is 0 Å². The van der Waals surface area contributed by atoms with Crippen molar-refractivity contribution in [3.8, 4) is 0 Å². The predicted molar refractivity (Wildman–Crippen MR) is 64.5 cm³/mol. The van der Waals surface area contributed by atoms with Crippen LogP contribution in [0.15, 0.2) is 0 Å². The fraction of sp³-hybridized carbons (Fsp3) is 1.00. The van der Waals surface area contributed by atoms with Crippen LogP contribution in [0.2, 0.25) is 0 Å². The molecule has 0 bridgehead atoms. The van der Waals surface area contributed by atoms with Crippen LogP contribution in [0, 0.1) is 0 Å². The van der Waals surface area contributed by atoms with Crippen molar-refractivity contribution >= 4 is 0 Å². The Hall–Kier alpha value is -0.120. The minimum absolute atomic E-state index is 0.0297. The van der Waals surface area contributed by atoms with Gasteiger partial charge in [-0.1, -0.05) is 13.3 Å². The van der Waals surface area contributed by atoms with Crippen LogP contribution in [-0.2, 0) is 4.74 Å². The summed E-state index contributed by atoms with van der Waals surface area (Å²) < 4.78 is 5.85. The first-order chi connectivity index (χ1) is 7.78. The van der Waals surface area contributed by atoms with Crippen molar-refractivity contribution in [1.29, 1.82) is 0 Å². The van der Waals surface area contributed by atoms with E-state index in [0.29, 0.717) is 12.1 Å². The highest BCUT2D eigenvalue weighted by atomic mass is 16.5. The van der Waals surface area contributed by atoms with Gasteiger partial charge in [0.05, 0.1) is 12.7 Å². The Balaban J connectivity index is 1.74. The van der Waals surface area contributed by atoms with E-state index < -0.39 is 0 Å². The zero-order valence-electron chi connectivity index (χ0n) is 10.4. The number of rotatable bonds is 7. The van der Waals surface area contributed by atoms with Gasteiger partial charge in [-0.15, -0.1) is 0 Å². The topological polar surface area (TPSA) is 41.5 Å². The Bertz CT molecular complexity index is 218. The summed E-state index contributed by atoms with van der Waals surface area (Å²) in [4.78, 5) is 0. The van der Waals surface area contributed by atoms with Crippen LogP contribution >= 0.6 is 0 Å². The van der Waals surface area contributed by atoms with Crippen molar-refractivity contribution < 1.29 is 9.84 Å². The fourth-order valence-corrected chi connectivity index (χ4v) is 2.59. The summed E-state index contributed by atoms with van der Waals surface area (Å²) in [6.07, 6.45) is 8.43. The van der Waals surface area contributed by atoms with E-state index in [9.17, 15) is 5.11 Å². The van der Waals surface area contributed by atoms with Gasteiger partial charge in [0.15, 0.2) is 0 Å². The van der Waals surface area contributed by atoms with Crippen molar-refractivity contribution in [2.45, 2.75) is 69.6 Å². The van der Waals surface area contributed by atoms with Crippen molar-refractivity contribution in [2.75, 3.05) is 13.2 Å². The maximum Gasteiger partial charge on any atom is 0.0614 e. The Kier molecular flexibility index (Phi) is 4.22. The number of unbranched alkanes of at least 4 members (excludes halogenated alkanes) is 1. The molecule has 94 valence electrons. The maximum atomic E-state index is 9.56. The molecule has 0 radical (unpaired) electrons. The van der Waals surface area contributed by atoms with Crippen LogP contribution in [0.5, 0.6) is 0 Å². The molecule has 16 heavy (non-hydrogen) atoms. The van der Waals surface area contributed by atoms with E-state index in [0.717, 1.165) is 32.3 Å². The third-order valence-corrected chi connectivity index (χ3v) is 3.81. The van der Waals surface area contributed by atoms with Crippen molar-refractivity contribution in [1.82, 2.24) is 5.32 Å². The van der Waals surface area contributed by atoms with Crippen molar-refractivity contribution in [2.24, 2.45) is 0 Å². The lowest BCUT2D eigenvalue weighted by atomic mass is 9.98. The first kappa shape index (κ1) is 12.3. The minimum Gasteiger partial charge on any atom is -0.394 e. The molecule has 2 aliphatic carbocycles. The zero-order chi connectivity index (χ0) is 11.4. The molecule has 0 amide bonds. The monoisotopic (exact) mass is 227 g/mol. The number of nitrogens with one attached hydrogen (secondary N) is 1. The summed E-state index contributed by atoms with van der Waals surface area (Å²) in [5.41, 5.74) is -0.0297. The first-order valence-corrected chi connectivity index (χ1v) is 6.78. The second-order valence-corrected chi connectivity index (χ2v) is 5.45. The molecule has 2 rings (SSSR count). The number of aliphatic hydroxyl groups excluding tert-OH is 1. The number of hydrogen-bond donors (Lipinski definition) is 2. The Labute approximate surface area is 98.6 Å². The molecule has 2 atom stereocenters. The van der Waals surface area contributed by atoms with Crippen LogP contribution in [0.3, 0.4) is 0 Å². The summed E-state index contributed by atoms with van der Waals surface area (Å²) in [6, 6.07) is 0.668. The molecule has 0 aromatic heterocycles. The van der Waals surface area contributed by atoms with Crippen LogP contribution in [-0.4, -0.2) is 36.0 Å². The summed E-state index contributed by atoms with van der Waals surface area (Å²) in [5.74, 6) is 0. The number of hydrogen-bond acceptors (Lipinski definition) is 3. The molecule has 2 aliphatic rings. The molecule has 0 aromatic carbocycles. The van der Waals surface area contributed by atoms with Gasteiger partial charge in [-0.25, -0.2) is 0 Å². The molecule has 0 saturated heterocycles. The van der Waals surface area contributed by atoms with Gasteiger partial charge in [0.2, 0.25) is 0 Å². The van der Waals surface area contributed by atoms with Gasteiger partial charge in [-0.3, -0.25) is 0 Å². The Morgan fingerprint density at radius 1 is 1.38 bits per heavy atom. The molecule has 0 aliphatic heterocycles. The summed E-state index contributed by atoms with van der Waals surface area (Å²) in [7, 11) is 0. The van der Waals surface area contributed by atoms with E-state index in [4.69, 9.17) is 4.74 Å². The third kappa shape index (κ3) is 3.19. The lowest BCUT2D eigenvalue weighted by molar-refractivity contribution is 0.0449.